The van der Waals surface area contributed by atoms with Crippen molar-refractivity contribution in [3.8, 4) is 0 Å². The highest BCUT2D eigenvalue weighted by Gasteiger charge is 2.10. The molecule has 102 valence electrons. The highest BCUT2D eigenvalue weighted by Crippen LogP contribution is 2.14. The minimum absolute atomic E-state index is 0.149. The zero-order chi connectivity index (χ0) is 13.9. The van der Waals surface area contributed by atoms with E-state index in [1.54, 1.807) is 18.5 Å². The summed E-state index contributed by atoms with van der Waals surface area (Å²) in [6, 6.07) is 14.5. The first kappa shape index (κ1) is 12.8. The molecule has 3 nitrogen and oxygen atoms in total. The van der Waals surface area contributed by atoms with Gasteiger partial charge in [-0.05, 0) is 30.2 Å². The Kier molecular flexibility index (Phi) is 3.48. The van der Waals surface area contributed by atoms with Gasteiger partial charge >= 0.3 is 0 Å². The van der Waals surface area contributed by atoms with Gasteiger partial charge in [0.25, 0.3) is 0 Å². The Morgan fingerprint density at radius 1 is 1.10 bits per heavy atom. The van der Waals surface area contributed by atoms with Gasteiger partial charge in [-0.2, -0.15) is 0 Å². The number of fused-ring (bicyclic) bond motifs is 1. The highest BCUT2D eigenvalue weighted by atomic mass is 19.1. The molecule has 0 aliphatic rings. The quantitative estimate of drug-likeness (QED) is 0.791. The second-order valence-electron chi connectivity index (χ2n) is 4.94. The molecule has 1 aromatic heterocycles. The average molecular weight is 269 g/mol. The van der Waals surface area contributed by atoms with E-state index >= 15 is 0 Å². The van der Waals surface area contributed by atoms with Crippen molar-refractivity contribution in [3.05, 3.63) is 66.2 Å². The van der Waals surface area contributed by atoms with Crippen molar-refractivity contribution in [1.82, 2.24) is 9.55 Å². The van der Waals surface area contributed by atoms with Crippen molar-refractivity contribution in [2.45, 2.75) is 19.0 Å². The summed E-state index contributed by atoms with van der Waals surface area (Å²) < 4.78 is 15.6. The Hall–Kier alpha value is -2.20. The van der Waals surface area contributed by atoms with Crippen molar-refractivity contribution >= 4 is 11.0 Å². The summed E-state index contributed by atoms with van der Waals surface area (Å²) in [6.45, 7) is 0.620. The van der Waals surface area contributed by atoms with E-state index < -0.39 is 0 Å². The second kappa shape index (κ2) is 5.43. The smallest absolute Gasteiger partial charge is 0.126 e. The molecule has 4 heteroatoms. The Morgan fingerprint density at radius 3 is 2.70 bits per heavy atom. The zero-order valence-corrected chi connectivity index (χ0v) is 11.0. The third kappa shape index (κ3) is 2.56. The summed E-state index contributed by atoms with van der Waals surface area (Å²) in [5.74, 6) is -0.196. The molecule has 0 aliphatic heterocycles. The number of aromatic nitrogens is 2. The maximum Gasteiger partial charge on any atom is 0.126 e. The molecule has 1 atom stereocenters. The van der Waals surface area contributed by atoms with Crippen LogP contribution >= 0.6 is 0 Å². The van der Waals surface area contributed by atoms with E-state index in [-0.39, 0.29) is 11.9 Å². The van der Waals surface area contributed by atoms with Crippen LogP contribution in [0.15, 0.2) is 54.9 Å². The van der Waals surface area contributed by atoms with Gasteiger partial charge in [0.1, 0.15) is 5.82 Å². The molecule has 0 spiro atoms. The van der Waals surface area contributed by atoms with E-state index in [0.717, 1.165) is 11.0 Å². The van der Waals surface area contributed by atoms with Gasteiger partial charge in [-0.3, -0.25) is 0 Å². The lowest BCUT2D eigenvalue weighted by Gasteiger charge is -2.13. The van der Waals surface area contributed by atoms with E-state index in [2.05, 4.69) is 4.98 Å². The molecule has 0 aliphatic carbocycles. The van der Waals surface area contributed by atoms with Gasteiger partial charge in [-0.1, -0.05) is 30.3 Å². The van der Waals surface area contributed by atoms with Gasteiger partial charge in [0, 0.05) is 12.6 Å². The summed E-state index contributed by atoms with van der Waals surface area (Å²) >= 11 is 0. The summed E-state index contributed by atoms with van der Waals surface area (Å²) in [7, 11) is 0. The van der Waals surface area contributed by atoms with Crippen molar-refractivity contribution in [1.29, 1.82) is 0 Å². The maximum absolute atomic E-state index is 13.6. The monoisotopic (exact) mass is 269 g/mol. The molecule has 2 N–H and O–H groups in total. The lowest BCUT2D eigenvalue weighted by atomic mass is 10.1. The van der Waals surface area contributed by atoms with Crippen LogP contribution in [0.25, 0.3) is 11.0 Å². The van der Waals surface area contributed by atoms with Gasteiger partial charge < -0.3 is 10.3 Å². The molecule has 20 heavy (non-hydrogen) atoms. The molecule has 0 bridgehead atoms. The Morgan fingerprint density at radius 2 is 1.85 bits per heavy atom. The van der Waals surface area contributed by atoms with Crippen molar-refractivity contribution in [2.24, 2.45) is 5.73 Å². The molecule has 0 saturated carbocycles. The lowest BCUT2D eigenvalue weighted by molar-refractivity contribution is 0.537. The van der Waals surface area contributed by atoms with Gasteiger partial charge in [-0.15, -0.1) is 0 Å². The van der Waals surface area contributed by atoms with Crippen LogP contribution in [0.4, 0.5) is 4.39 Å². The van der Waals surface area contributed by atoms with Crippen LogP contribution in [0, 0.1) is 5.82 Å². The molecule has 2 aromatic carbocycles. The molecule has 0 radical (unpaired) electrons. The lowest BCUT2D eigenvalue weighted by Crippen LogP contribution is -2.28. The van der Waals surface area contributed by atoms with Crippen molar-refractivity contribution in [3.63, 3.8) is 0 Å². The van der Waals surface area contributed by atoms with E-state index in [9.17, 15) is 4.39 Å². The number of hydrogen-bond acceptors (Lipinski definition) is 2. The fourth-order valence-corrected chi connectivity index (χ4v) is 2.42. The number of hydrogen-bond donors (Lipinski definition) is 1. The summed E-state index contributed by atoms with van der Waals surface area (Å²) in [5, 5.41) is 0. The topological polar surface area (TPSA) is 43.8 Å². The number of nitrogens with two attached hydrogens (primary N) is 1. The van der Waals surface area contributed by atoms with Crippen LogP contribution in [0.5, 0.6) is 0 Å². The molecule has 3 rings (SSSR count). The molecular formula is C16H16FN3. The molecule has 0 fully saturated rings. The fourth-order valence-electron chi connectivity index (χ4n) is 2.42. The van der Waals surface area contributed by atoms with Gasteiger partial charge in [0.2, 0.25) is 0 Å². The number of benzene rings is 2. The first-order valence-electron chi connectivity index (χ1n) is 6.63. The summed E-state index contributed by atoms with van der Waals surface area (Å²) in [6.07, 6.45) is 2.30. The summed E-state index contributed by atoms with van der Waals surface area (Å²) in [4.78, 5) is 4.33. The largest absolute Gasteiger partial charge is 0.329 e. The zero-order valence-electron chi connectivity index (χ0n) is 11.0. The third-order valence-electron chi connectivity index (χ3n) is 3.40. The minimum Gasteiger partial charge on any atom is -0.329 e. The molecule has 3 aromatic rings. The molecule has 1 heterocycles. The SMILES string of the molecule is NC(Cc1ccccc1F)Cn1cnc2ccccc21. The predicted octanol–water partition coefficient (Wildman–Crippen LogP) is 2.75. The minimum atomic E-state index is -0.196. The maximum atomic E-state index is 13.6. The predicted molar refractivity (Wildman–Crippen MR) is 77.8 cm³/mol. The van der Waals surface area contributed by atoms with Crippen molar-refractivity contribution in [2.75, 3.05) is 0 Å². The van der Waals surface area contributed by atoms with E-state index in [4.69, 9.17) is 5.73 Å². The third-order valence-corrected chi connectivity index (χ3v) is 3.40. The van der Waals surface area contributed by atoms with Crippen LogP contribution in [-0.2, 0) is 13.0 Å². The first-order chi connectivity index (χ1) is 9.74. The average Bonchev–Trinajstić information content (AvgIpc) is 2.85. The number of rotatable bonds is 4. The molecule has 0 amide bonds. The number of nitrogens with zero attached hydrogens (tertiary/aromatic N) is 2. The van der Waals surface area contributed by atoms with Crippen LogP contribution in [0.3, 0.4) is 0 Å². The molecule has 1 unspecified atom stereocenters. The highest BCUT2D eigenvalue weighted by molar-refractivity contribution is 5.74. The van der Waals surface area contributed by atoms with E-state index in [1.807, 2.05) is 34.9 Å². The van der Waals surface area contributed by atoms with Gasteiger partial charge in [-0.25, -0.2) is 9.37 Å². The van der Waals surface area contributed by atoms with Crippen LogP contribution in [0.1, 0.15) is 5.56 Å². The number of halogens is 1. The normalized spacial score (nSPS) is 12.7. The van der Waals surface area contributed by atoms with Crippen LogP contribution < -0.4 is 5.73 Å². The van der Waals surface area contributed by atoms with Gasteiger partial charge in [0.15, 0.2) is 0 Å². The van der Waals surface area contributed by atoms with Crippen LogP contribution in [0.2, 0.25) is 0 Å². The van der Waals surface area contributed by atoms with Crippen LogP contribution in [-0.4, -0.2) is 15.6 Å². The molecule has 0 saturated heterocycles. The van der Waals surface area contributed by atoms with E-state index in [0.29, 0.717) is 18.5 Å². The van der Waals surface area contributed by atoms with Crippen molar-refractivity contribution < 1.29 is 4.39 Å². The first-order valence-corrected chi connectivity index (χ1v) is 6.63. The van der Waals surface area contributed by atoms with Gasteiger partial charge in [0.05, 0.1) is 17.4 Å². The summed E-state index contributed by atoms with van der Waals surface area (Å²) in [5.41, 5.74) is 8.80. The number of imidazole rings is 1. The standard InChI is InChI=1S/C16H16FN3/c17-14-6-2-1-5-12(14)9-13(18)10-20-11-19-15-7-3-4-8-16(15)20/h1-8,11,13H,9-10,18H2. The number of para-hydroxylation sites is 2. The Balaban J connectivity index is 1.76. The molecular weight excluding hydrogens is 253 g/mol. The second-order valence-corrected chi connectivity index (χ2v) is 4.94. The van der Waals surface area contributed by atoms with E-state index in [1.165, 1.54) is 6.07 Å². The Bertz CT molecular complexity index is 720. The Labute approximate surface area is 116 Å². The fraction of sp³-hybridized carbons (Fsp3) is 0.188.